The molecule has 1 aromatic carbocycles. The van der Waals surface area contributed by atoms with E-state index in [2.05, 4.69) is 0 Å². The van der Waals surface area contributed by atoms with Crippen LogP contribution in [0, 0.1) is 5.92 Å². The van der Waals surface area contributed by atoms with E-state index in [1.807, 2.05) is 35.2 Å². The first-order valence-corrected chi connectivity index (χ1v) is 6.41. The van der Waals surface area contributed by atoms with Gasteiger partial charge in [0, 0.05) is 13.1 Å². The van der Waals surface area contributed by atoms with E-state index in [-0.39, 0.29) is 5.91 Å². The van der Waals surface area contributed by atoms with Gasteiger partial charge in [-0.2, -0.15) is 0 Å². The first-order valence-electron chi connectivity index (χ1n) is 6.41. The summed E-state index contributed by atoms with van der Waals surface area (Å²) in [4.78, 5) is 13.6. The number of rotatable bonds is 4. The second kappa shape index (κ2) is 4.07. The minimum atomic E-state index is -0.581. The molecule has 1 aromatic rings. The van der Waals surface area contributed by atoms with Crippen LogP contribution in [0.4, 0.5) is 0 Å². The zero-order valence-electron chi connectivity index (χ0n) is 10.2. The summed E-state index contributed by atoms with van der Waals surface area (Å²) in [7, 11) is 0. The average molecular weight is 246 g/mol. The van der Waals surface area contributed by atoms with Gasteiger partial charge < -0.3 is 10.8 Å². The summed E-state index contributed by atoms with van der Waals surface area (Å²) >= 11 is 0. The molecule has 2 fully saturated rings. The van der Waals surface area contributed by atoms with E-state index in [4.69, 9.17) is 5.73 Å². The predicted molar refractivity (Wildman–Crippen MR) is 67.6 cm³/mol. The highest BCUT2D eigenvalue weighted by Gasteiger charge is 2.54. The zero-order valence-corrected chi connectivity index (χ0v) is 10.2. The summed E-state index contributed by atoms with van der Waals surface area (Å²) in [6, 6.07) is 9.12. The van der Waals surface area contributed by atoms with Gasteiger partial charge in [-0.25, -0.2) is 0 Å². The number of likely N-dealkylation sites (tertiary alicyclic amines) is 1. The van der Waals surface area contributed by atoms with E-state index < -0.39 is 11.6 Å². The van der Waals surface area contributed by atoms with Crippen molar-refractivity contribution in [3.05, 3.63) is 35.9 Å². The Morgan fingerprint density at radius 1 is 1.33 bits per heavy atom. The predicted octanol–water partition coefficient (Wildman–Crippen LogP) is 0.670. The van der Waals surface area contributed by atoms with E-state index in [0.29, 0.717) is 19.0 Å². The average Bonchev–Trinajstić information content (AvgIpc) is 3.11. The molecule has 4 heteroatoms. The maximum Gasteiger partial charge on any atom is 0.239 e. The van der Waals surface area contributed by atoms with Crippen molar-refractivity contribution in [2.75, 3.05) is 13.1 Å². The molecule has 1 heterocycles. The van der Waals surface area contributed by atoms with Crippen LogP contribution in [0.3, 0.4) is 0 Å². The molecule has 2 aliphatic rings. The molecule has 18 heavy (non-hydrogen) atoms. The molecule has 3 N–H and O–H groups in total. The van der Waals surface area contributed by atoms with Crippen LogP contribution < -0.4 is 5.73 Å². The molecule has 1 amide bonds. The molecule has 1 aliphatic carbocycles. The van der Waals surface area contributed by atoms with Gasteiger partial charge >= 0.3 is 0 Å². The molecule has 0 spiro atoms. The van der Waals surface area contributed by atoms with Crippen LogP contribution in [0.2, 0.25) is 0 Å². The fourth-order valence-corrected chi connectivity index (χ4v) is 2.91. The Hall–Kier alpha value is -1.39. The smallest absolute Gasteiger partial charge is 0.239 e. The topological polar surface area (TPSA) is 66.6 Å². The summed E-state index contributed by atoms with van der Waals surface area (Å²) in [6.45, 7) is 1.11. The fourth-order valence-electron chi connectivity index (χ4n) is 2.91. The van der Waals surface area contributed by atoms with E-state index in [9.17, 15) is 9.90 Å². The Morgan fingerprint density at radius 3 is 2.44 bits per heavy atom. The number of carbonyl (C=O) groups excluding carboxylic acids is 1. The number of hydrogen-bond donors (Lipinski definition) is 2. The van der Waals surface area contributed by atoms with Crippen molar-refractivity contribution in [3.8, 4) is 0 Å². The molecular weight excluding hydrogens is 228 g/mol. The van der Waals surface area contributed by atoms with E-state index in [0.717, 1.165) is 18.4 Å². The van der Waals surface area contributed by atoms with Crippen molar-refractivity contribution < 1.29 is 9.90 Å². The van der Waals surface area contributed by atoms with Crippen LogP contribution in [-0.2, 0) is 4.79 Å². The lowest BCUT2D eigenvalue weighted by Gasteiger charge is -2.49. The Bertz CT molecular complexity index is 450. The molecule has 1 saturated carbocycles. The third-order valence-corrected chi connectivity index (χ3v) is 4.04. The highest BCUT2D eigenvalue weighted by atomic mass is 16.3. The van der Waals surface area contributed by atoms with Crippen LogP contribution >= 0.6 is 0 Å². The first-order chi connectivity index (χ1) is 8.60. The van der Waals surface area contributed by atoms with E-state index >= 15 is 0 Å². The number of benzene rings is 1. The van der Waals surface area contributed by atoms with Crippen LogP contribution in [0.5, 0.6) is 0 Å². The van der Waals surface area contributed by atoms with Crippen LogP contribution in [-0.4, -0.2) is 34.6 Å². The third-order valence-electron chi connectivity index (χ3n) is 4.04. The highest BCUT2D eigenvalue weighted by Crippen LogP contribution is 2.46. The lowest BCUT2D eigenvalue weighted by Crippen LogP contribution is -2.65. The van der Waals surface area contributed by atoms with Gasteiger partial charge in [-0.15, -0.1) is 0 Å². The Labute approximate surface area is 106 Å². The van der Waals surface area contributed by atoms with Gasteiger partial charge in [0.15, 0.2) is 0 Å². The second-order valence-corrected chi connectivity index (χ2v) is 5.50. The summed E-state index contributed by atoms with van der Waals surface area (Å²) in [5, 5.41) is 10.3. The molecule has 96 valence electrons. The van der Waals surface area contributed by atoms with Crippen molar-refractivity contribution in [3.63, 3.8) is 0 Å². The lowest BCUT2D eigenvalue weighted by molar-refractivity contribution is -0.147. The minimum absolute atomic E-state index is 0.348. The van der Waals surface area contributed by atoms with Crippen molar-refractivity contribution in [1.29, 1.82) is 0 Å². The molecule has 3 rings (SSSR count). The standard InChI is InChI=1S/C14H18N2O2/c15-13(17)12(10-4-2-1-3-5-10)16-8-14(18,9-16)11-6-7-11/h1-5,11-12,18H,6-9H2,(H2,15,17). The molecular formula is C14H18N2O2. The molecule has 1 unspecified atom stereocenters. The van der Waals surface area contributed by atoms with Crippen molar-refractivity contribution in [2.24, 2.45) is 11.7 Å². The molecule has 0 radical (unpaired) electrons. The lowest BCUT2D eigenvalue weighted by atomic mass is 9.86. The number of hydrogen-bond acceptors (Lipinski definition) is 3. The van der Waals surface area contributed by atoms with Gasteiger partial charge in [-0.05, 0) is 24.3 Å². The summed E-state index contributed by atoms with van der Waals surface area (Å²) in [6.07, 6.45) is 2.22. The largest absolute Gasteiger partial charge is 0.387 e. The zero-order chi connectivity index (χ0) is 12.8. The Balaban J connectivity index is 1.75. The van der Waals surface area contributed by atoms with Crippen molar-refractivity contribution in [2.45, 2.75) is 24.5 Å². The van der Waals surface area contributed by atoms with Gasteiger partial charge in [0.05, 0.1) is 5.60 Å². The second-order valence-electron chi connectivity index (χ2n) is 5.50. The van der Waals surface area contributed by atoms with Crippen LogP contribution in [0.15, 0.2) is 30.3 Å². The van der Waals surface area contributed by atoms with Gasteiger partial charge in [-0.1, -0.05) is 30.3 Å². The Kier molecular flexibility index (Phi) is 2.64. The highest BCUT2D eigenvalue weighted by molar-refractivity contribution is 5.81. The minimum Gasteiger partial charge on any atom is -0.387 e. The molecule has 0 aromatic heterocycles. The van der Waals surface area contributed by atoms with Gasteiger partial charge in [-0.3, -0.25) is 9.69 Å². The van der Waals surface area contributed by atoms with Crippen molar-refractivity contribution in [1.82, 2.24) is 4.90 Å². The normalized spacial score (nSPS) is 24.3. The number of nitrogens with zero attached hydrogens (tertiary/aromatic N) is 1. The monoisotopic (exact) mass is 246 g/mol. The number of primary amides is 1. The summed E-state index contributed by atoms with van der Waals surface area (Å²) < 4.78 is 0. The number of β-amino-alcohol motifs (C(OH)–C–C–N with tert-alkyl or cyclic N) is 1. The Morgan fingerprint density at radius 2 is 1.94 bits per heavy atom. The van der Waals surface area contributed by atoms with Crippen LogP contribution in [0.1, 0.15) is 24.4 Å². The molecule has 1 aliphatic heterocycles. The maximum absolute atomic E-state index is 11.6. The number of amides is 1. The maximum atomic E-state index is 11.6. The molecule has 4 nitrogen and oxygen atoms in total. The first kappa shape index (κ1) is 11.7. The number of carbonyl (C=O) groups is 1. The fraction of sp³-hybridized carbons (Fsp3) is 0.500. The van der Waals surface area contributed by atoms with Gasteiger partial charge in [0.25, 0.3) is 0 Å². The number of aliphatic hydroxyl groups is 1. The number of nitrogens with two attached hydrogens (primary N) is 1. The molecule has 1 saturated heterocycles. The van der Waals surface area contributed by atoms with E-state index in [1.165, 1.54) is 0 Å². The molecule has 1 atom stereocenters. The molecule has 0 bridgehead atoms. The summed E-state index contributed by atoms with van der Waals surface area (Å²) in [5.41, 5.74) is 5.82. The van der Waals surface area contributed by atoms with E-state index in [1.54, 1.807) is 0 Å². The van der Waals surface area contributed by atoms with Crippen LogP contribution in [0.25, 0.3) is 0 Å². The SMILES string of the molecule is NC(=O)C(c1ccccc1)N1CC(O)(C2CC2)C1. The summed E-state index contributed by atoms with van der Waals surface area (Å²) in [5.74, 6) is 0.0806. The van der Waals surface area contributed by atoms with Gasteiger partial charge in [0.2, 0.25) is 5.91 Å². The van der Waals surface area contributed by atoms with Gasteiger partial charge in [0.1, 0.15) is 6.04 Å². The van der Waals surface area contributed by atoms with Crippen molar-refractivity contribution >= 4 is 5.91 Å². The quantitative estimate of drug-likeness (QED) is 0.820. The third kappa shape index (κ3) is 1.91.